The summed E-state index contributed by atoms with van der Waals surface area (Å²) in [5, 5.41) is 5.62. The number of benzene rings is 2. The second-order valence-corrected chi connectivity index (χ2v) is 7.13. The number of terminal acetylenes is 1. The molecule has 0 radical (unpaired) electrons. The van der Waals surface area contributed by atoms with Crippen LogP contribution in [0.4, 0.5) is 0 Å². The number of imidazole rings is 2. The second-order valence-electron chi connectivity index (χ2n) is 7.13. The zero-order chi connectivity index (χ0) is 20.1. The minimum Gasteiger partial charge on any atom is -0.337 e. The van der Waals surface area contributed by atoms with Gasteiger partial charge in [0, 0.05) is 12.1 Å². The molecule has 0 amide bonds. The Bertz CT molecular complexity index is 1150. The Labute approximate surface area is 171 Å². The summed E-state index contributed by atoms with van der Waals surface area (Å²) in [5.74, 6) is 4.13. The van der Waals surface area contributed by atoms with Gasteiger partial charge in [0.2, 0.25) is 0 Å². The lowest BCUT2D eigenvalue weighted by atomic mass is 10.1. The van der Waals surface area contributed by atoms with Gasteiger partial charge in [-0.15, -0.1) is 6.42 Å². The lowest BCUT2D eigenvalue weighted by molar-refractivity contribution is 0.574. The van der Waals surface area contributed by atoms with Crippen molar-refractivity contribution in [2.75, 3.05) is 13.6 Å². The van der Waals surface area contributed by atoms with Crippen molar-refractivity contribution in [2.45, 2.75) is 25.8 Å². The highest BCUT2D eigenvalue weighted by Gasteiger charge is 2.14. The molecule has 146 valence electrons. The zero-order valence-electron chi connectivity index (χ0n) is 16.7. The quantitative estimate of drug-likeness (QED) is 0.349. The molecule has 0 atom stereocenters. The normalized spacial score (nSPS) is 11.0. The van der Waals surface area contributed by atoms with E-state index < -0.39 is 0 Å². The predicted molar refractivity (Wildman–Crippen MR) is 118 cm³/mol. The summed E-state index contributed by atoms with van der Waals surface area (Å²) in [6.45, 7) is 1.87. The van der Waals surface area contributed by atoms with Crippen molar-refractivity contribution >= 4 is 10.8 Å². The van der Waals surface area contributed by atoms with Gasteiger partial charge in [0.15, 0.2) is 11.6 Å². The maximum absolute atomic E-state index is 5.67. The molecule has 0 aliphatic heterocycles. The Morgan fingerprint density at radius 1 is 1.03 bits per heavy atom. The Morgan fingerprint density at radius 3 is 2.72 bits per heavy atom. The van der Waals surface area contributed by atoms with Crippen molar-refractivity contribution in [3.63, 3.8) is 0 Å². The maximum atomic E-state index is 5.67. The summed E-state index contributed by atoms with van der Waals surface area (Å²) in [5.41, 5.74) is 3.02. The number of H-pyrrole nitrogens is 1. The molecule has 2 heterocycles. The van der Waals surface area contributed by atoms with Crippen molar-refractivity contribution in [2.24, 2.45) is 0 Å². The van der Waals surface area contributed by atoms with Crippen LogP contribution in [0.3, 0.4) is 0 Å². The average Bonchev–Trinajstić information content (AvgIpc) is 3.40. The fraction of sp³-hybridized carbons (Fsp3) is 0.250. The van der Waals surface area contributed by atoms with E-state index in [1.807, 2.05) is 19.4 Å². The van der Waals surface area contributed by atoms with E-state index in [0.717, 1.165) is 55.1 Å². The van der Waals surface area contributed by atoms with Crippen molar-refractivity contribution in [1.82, 2.24) is 24.8 Å². The van der Waals surface area contributed by atoms with E-state index in [9.17, 15) is 0 Å². The number of nitrogens with zero attached hydrogens (tertiary/aromatic N) is 3. The molecule has 0 aliphatic rings. The third-order valence-electron chi connectivity index (χ3n) is 5.17. The van der Waals surface area contributed by atoms with E-state index >= 15 is 0 Å². The first-order valence-electron chi connectivity index (χ1n) is 10.0. The largest absolute Gasteiger partial charge is 0.337 e. The van der Waals surface area contributed by atoms with Crippen LogP contribution in [0.1, 0.15) is 25.1 Å². The standard InChI is InChI=1S/C24H25N5/c1-3-23-26-17-22(29(23)14-8-4-7-13-25-2)24-27-16-21(28-24)20-12-11-18-9-5-6-10-19(18)15-20/h1,5-6,9-12,15-17,25H,4,7-8,13-14H2,2H3,(H,27,28). The van der Waals surface area contributed by atoms with Gasteiger partial charge in [-0.25, -0.2) is 9.97 Å². The van der Waals surface area contributed by atoms with Crippen molar-refractivity contribution < 1.29 is 0 Å². The van der Waals surface area contributed by atoms with Gasteiger partial charge < -0.3 is 14.9 Å². The second kappa shape index (κ2) is 8.76. The smallest absolute Gasteiger partial charge is 0.185 e. The van der Waals surface area contributed by atoms with Crippen molar-refractivity contribution in [3.8, 4) is 35.1 Å². The van der Waals surface area contributed by atoms with E-state index in [4.69, 9.17) is 6.42 Å². The Hall–Kier alpha value is -3.36. The number of rotatable bonds is 8. The summed E-state index contributed by atoms with van der Waals surface area (Å²) >= 11 is 0. The van der Waals surface area contributed by atoms with Crippen LogP contribution >= 0.6 is 0 Å². The SMILES string of the molecule is C#Cc1ncc(-c2ncc(-c3ccc4ccccc4c3)[nH]2)n1CCCCCNC. The first-order chi connectivity index (χ1) is 14.3. The van der Waals surface area contributed by atoms with Crippen LogP contribution in [0.15, 0.2) is 54.9 Å². The Balaban J connectivity index is 1.58. The van der Waals surface area contributed by atoms with Gasteiger partial charge in [-0.3, -0.25) is 0 Å². The summed E-state index contributed by atoms with van der Waals surface area (Å²) in [7, 11) is 1.98. The molecule has 4 rings (SSSR count). The molecule has 4 aromatic rings. The van der Waals surface area contributed by atoms with Crippen LogP contribution in [-0.2, 0) is 6.54 Å². The number of nitrogens with one attached hydrogen (secondary N) is 2. The monoisotopic (exact) mass is 383 g/mol. The summed E-state index contributed by atoms with van der Waals surface area (Å²) in [6.07, 6.45) is 12.7. The van der Waals surface area contributed by atoms with Crippen molar-refractivity contribution in [1.29, 1.82) is 0 Å². The summed E-state index contributed by atoms with van der Waals surface area (Å²) in [4.78, 5) is 12.5. The molecule has 0 unspecified atom stereocenters. The molecule has 0 aliphatic carbocycles. The van der Waals surface area contributed by atoms with E-state index in [-0.39, 0.29) is 0 Å². The number of unbranched alkanes of at least 4 members (excludes halogenated alkanes) is 2. The third kappa shape index (κ3) is 4.08. The van der Waals surface area contributed by atoms with Crippen LogP contribution in [0, 0.1) is 12.3 Å². The molecule has 0 saturated heterocycles. The molecule has 0 spiro atoms. The lowest BCUT2D eigenvalue weighted by Crippen LogP contribution is -2.08. The number of aromatic nitrogens is 4. The number of aromatic amines is 1. The van der Waals surface area contributed by atoms with E-state index in [1.54, 1.807) is 0 Å². The van der Waals surface area contributed by atoms with Crippen LogP contribution in [0.5, 0.6) is 0 Å². The predicted octanol–water partition coefficient (Wildman–Crippen LogP) is 4.46. The molecule has 29 heavy (non-hydrogen) atoms. The molecule has 0 bridgehead atoms. The highest BCUT2D eigenvalue weighted by atomic mass is 15.1. The first kappa shape index (κ1) is 19.0. The van der Waals surface area contributed by atoms with E-state index in [1.165, 1.54) is 10.8 Å². The van der Waals surface area contributed by atoms with Gasteiger partial charge in [-0.05, 0) is 49.2 Å². The minimum absolute atomic E-state index is 0.650. The molecule has 5 heteroatoms. The van der Waals surface area contributed by atoms with Gasteiger partial charge in [-0.1, -0.05) is 42.8 Å². The molecule has 2 aromatic carbocycles. The highest BCUT2D eigenvalue weighted by Crippen LogP contribution is 2.26. The first-order valence-corrected chi connectivity index (χ1v) is 10.0. The number of hydrogen-bond acceptors (Lipinski definition) is 3. The Kier molecular flexibility index (Phi) is 5.73. The fourth-order valence-corrected chi connectivity index (χ4v) is 3.61. The maximum Gasteiger partial charge on any atom is 0.185 e. The van der Waals surface area contributed by atoms with Gasteiger partial charge >= 0.3 is 0 Å². The van der Waals surface area contributed by atoms with Gasteiger partial charge in [-0.2, -0.15) is 0 Å². The van der Waals surface area contributed by atoms with E-state index in [2.05, 4.69) is 73.2 Å². The van der Waals surface area contributed by atoms with Crippen molar-refractivity contribution in [3.05, 3.63) is 60.7 Å². The van der Waals surface area contributed by atoms with Crippen LogP contribution in [-0.4, -0.2) is 33.1 Å². The highest BCUT2D eigenvalue weighted by molar-refractivity contribution is 5.86. The van der Waals surface area contributed by atoms with Crippen LogP contribution in [0.25, 0.3) is 33.5 Å². The van der Waals surface area contributed by atoms with Gasteiger partial charge in [0.05, 0.1) is 18.1 Å². The molecular formula is C24H25N5. The summed E-state index contributed by atoms with van der Waals surface area (Å²) in [6, 6.07) is 14.8. The fourth-order valence-electron chi connectivity index (χ4n) is 3.61. The number of fused-ring (bicyclic) bond motifs is 1. The minimum atomic E-state index is 0.650. The number of hydrogen-bond donors (Lipinski definition) is 2. The molecule has 5 nitrogen and oxygen atoms in total. The summed E-state index contributed by atoms with van der Waals surface area (Å²) < 4.78 is 2.09. The molecule has 0 fully saturated rings. The molecule has 2 N–H and O–H groups in total. The Morgan fingerprint density at radius 2 is 1.90 bits per heavy atom. The van der Waals surface area contributed by atoms with E-state index in [0.29, 0.717) is 5.82 Å². The topological polar surface area (TPSA) is 58.5 Å². The third-order valence-corrected chi connectivity index (χ3v) is 5.17. The molecular weight excluding hydrogens is 358 g/mol. The van der Waals surface area contributed by atoms with Gasteiger partial charge in [0.1, 0.15) is 5.69 Å². The van der Waals surface area contributed by atoms with Gasteiger partial charge in [0.25, 0.3) is 0 Å². The van der Waals surface area contributed by atoms with Crippen LogP contribution in [0.2, 0.25) is 0 Å². The lowest BCUT2D eigenvalue weighted by Gasteiger charge is -2.08. The zero-order valence-corrected chi connectivity index (χ0v) is 16.7. The molecule has 0 saturated carbocycles. The molecule has 2 aromatic heterocycles. The van der Waals surface area contributed by atoms with Crippen LogP contribution < -0.4 is 5.32 Å². The average molecular weight is 383 g/mol.